The smallest absolute Gasteiger partial charge is 0.242 e. The van der Waals surface area contributed by atoms with Crippen molar-refractivity contribution < 1.29 is 13.6 Å². The summed E-state index contributed by atoms with van der Waals surface area (Å²) in [7, 11) is -1.71. The van der Waals surface area contributed by atoms with E-state index in [0.29, 0.717) is 5.75 Å². The number of hydrogen-bond acceptors (Lipinski definition) is 2. The fraction of sp³-hybridized carbons (Fsp3) is 0.364. The fourth-order valence-corrected chi connectivity index (χ4v) is 2.03. The van der Waals surface area contributed by atoms with Crippen LogP contribution in [0.25, 0.3) is 0 Å². The Labute approximate surface area is 90.2 Å². The summed E-state index contributed by atoms with van der Waals surface area (Å²) in [4.78, 5) is 11.1. The number of carbonyl (C=O) groups excluding carboxylic acids is 1. The average Bonchev–Trinajstić information content (AvgIpc) is 2.05. The Hall–Kier alpha value is -1.16. The van der Waals surface area contributed by atoms with E-state index in [9.17, 15) is 9.18 Å². The lowest BCUT2D eigenvalue weighted by molar-refractivity contribution is 0.101. The van der Waals surface area contributed by atoms with Gasteiger partial charge in [0.25, 0.3) is 0 Å². The zero-order valence-electron chi connectivity index (χ0n) is 9.43. The molecule has 0 aliphatic carbocycles. The minimum Gasteiger partial charge on any atom is -0.544 e. The summed E-state index contributed by atoms with van der Waals surface area (Å²) in [6.45, 7) is 7.44. The molecule has 15 heavy (non-hydrogen) atoms. The Balaban J connectivity index is 3.03. The summed E-state index contributed by atoms with van der Waals surface area (Å²) in [5, 5.41) is 0. The normalized spacial score (nSPS) is 11.3. The van der Waals surface area contributed by atoms with Gasteiger partial charge in [0.2, 0.25) is 8.32 Å². The predicted octanol–water partition coefficient (Wildman–Crippen LogP) is 3.24. The number of carbonyl (C=O) groups is 1. The summed E-state index contributed by atoms with van der Waals surface area (Å²) in [6.07, 6.45) is 0. The van der Waals surface area contributed by atoms with Crippen molar-refractivity contribution >= 4 is 14.1 Å². The lowest BCUT2D eigenvalue weighted by atomic mass is 10.1. The van der Waals surface area contributed by atoms with Crippen LogP contribution in [-0.2, 0) is 0 Å². The molecule has 0 aliphatic rings. The number of hydrogen-bond donors (Lipinski definition) is 0. The molecule has 4 heteroatoms. The molecule has 0 bridgehead atoms. The maximum Gasteiger partial charge on any atom is 0.242 e. The van der Waals surface area contributed by atoms with E-state index < -0.39 is 14.1 Å². The van der Waals surface area contributed by atoms with Crippen LogP contribution in [0.1, 0.15) is 17.3 Å². The molecular weight excluding hydrogens is 211 g/mol. The van der Waals surface area contributed by atoms with Gasteiger partial charge in [-0.05, 0) is 44.8 Å². The van der Waals surface area contributed by atoms with E-state index in [2.05, 4.69) is 0 Å². The van der Waals surface area contributed by atoms with Gasteiger partial charge in [-0.15, -0.1) is 0 Å². The largest absolute Gasteiger partial charge is 0.544 e. The van der Waals surface area contributed by atoms with Crippen molar-refractivity contribution in [2.75, 3.05) is 0 Å². The molecule has 0 aliphatic heterocycles. The third kappa shape index (κ3) is 3.47. The maximum absolute atomic E-state index is 13.2. The Bertz CT molecular complexity index is 383. The average molecular weight is 226 g/mol. The van der Waals surface area contributed by atoms with Crippen LogP contribution in [0.4, 0.5) is 4.39 Å². The molecule has 2 nitrogen and oxygen atoms in total. The number of Topliss-reactive ketones (excluding diaryl/α,β-unsaturated/α-hetero) is 1. The summed E-state index contributed by atoms with van der Waals surface area (Å²) in [6, 6.07) is 4.29. The second-order valence-corrected chi connectivity index (χ2v) is 8.84. The molecule has 1 rings (SSSR count). The van der Waals surface area contributed by atoms with Crippen LogP contribution >= 0.6 is 0 Å². The topological polar surface area (TPSA) is 26.3 Å². The van der Waals surface area contributed by atoms with Crippen molar-refractivity contribution in [3.63, 3.8) is 0 Å². The highest BCUT2D eigenvalue weighted by atomic mass is 28.4. The second-order valence-electron chi connectivity index (χ2n) is 4.41. The minimum atomic E-state index is -1.71. The molecule has 82 valence electrons. The van der Waals surface area contributed by atoms with E-state index >= 15 is 0 Å². The predicted molar refractivity (Wildman–Crippen MR) is 60.4 cm³/mol. The molecule has 1 aromatic carbocycles. The molecule has 0 radical (unpaired) electrons. The third-order valence-corrected chi connectivity index (χ3v) is 2.59. The van der Waals surface area contributed by atoms with Crippen molar-refractivity contribution in [3.8, 4) is 5.75 Å². The molecule has 0 N–H and O–H groups in total. The quantitative estimate of drug-likeness (QED) is 0.584. The highest BCUT2D eigenvalue weighted by Crippen LogP contribution is 2.20. The number of ketones is 1. The van der Waals surface area contributed by atoms with Crippen molar-refractivity contribution in [2.24, 2.45) is 0 Å². The molecule has 0 aromatic heterocycles. The van der Waals surface area contributed by atoms with Crippen molar-refractivity contribution in [1.29, 1.82) is 0 Å². The van der Waals surface area contributed by atoms with Gasteiger partial charge in [0.15, 0.2) is 5.78 Å². The first-order valence-corrected chi connectivity index (χ1v) is 8.20. The highest BCUT2D eigenvalue weighted by Gasteiger charge is 2.17. The monoisotopic (exact) mass is 226 g/mol. The molecule has 0 spiro atoms. The first-order valence-electron chi connectivity index (χ1n) is 4.79. The van der Waals surface area contributed by atoms with Crippen LogP contribution in [0.5, 0.6) is 5.75 Å². The summed E-state index contributed by atoms with van der Waals surface area (Å²) >= 11 is 0. The standard InChI is InChI=1S/C11H15FO2Si/c1-8(13)10-7-9(5-6-11(10)12)14-15(2,3)4/h5-7H,1-4H3. The Morgan fingerprint density at radius 3 is 2.40 bits per heavy atom. The van der Waals surface area contributed by atoms with Gasteiger partial charge in [-0.1, -0.05) is 0 Å². The summed E-state index contributed by atoms with van der Waals surface area (Å²) in [5.74, 6) is -0.209. The molecule has 0 atom stereocenters. The minimum absolute atomic E-state index is 0.0887. The molecule has 0 saturated carbocycles. The van der Waals surface area contributed by atoms with Crippen LogP contribution in [-0.4, -0.2) is 14.1 Å². The summed E-state index contributed by atoms with van der Waals surface area (Å²) in [5.41, 5.74) is 0.0887. The number of halogens is 1. The van der Waals surface area contributed by atoms with E-state index in [-0.39, 0.29) is 11.3 Å². The van der Waals surface area contributed by atoms with Gasteiger partial charge in [0, 0.05) is 0 Å². The Kier molecular flexibility index (Phi) is 3.29. The van der Waals surface area contributed by atoms with E-state index in [0.717, 1.165) is 0 Å². The van der Waals surface area contributed by atoms with Crippen molar-refractivity contribution in [1.82, 2.24) is 0 Å². The van der Waals surface area contributed by atoms with Crippen LogP contribution in [0.15, 0.2) is 18.2 Å². The third-order valence-electron chi connectivity index (χ3n) is 1.74. The number of rotatable bonds is 3. The Morgan fingerprint density at radius 2 is 1.93 bits per heavy atom. The molecule has 0 saturated heterocycles. The molecule has 0 unspecified atom stereocenters. The lowest BCUT2D eigenvalue weighted by Gasteiger charge is -2.19. The first-order chi connectivity index (χ1) is 6.79. The molecule has 0 heterocycles. The van der Waals surface area contributed by atoms with E-state index in [4.69, 9.17) is 4.43 Å². The van der Waals surface area contributed by atoms with Gasteiger partial charge in [-0.2, -0.15) is 0 Å². The van der Waals surface area contributed by atoms with E-state index in [1.807, 2.05) is 19.6 Å². The molecule has 0 amide bonds. The van der Waals surface area contributed by atoms with Gasteiger partial charge in [-0.25, -0.2) is 4.39 Å². The van der Waals surface area contributed by atoms with Gasteiger partial charge in [0.1, 0.15) is 11.6 Å². The van der Waals surface area contributed by atoms with Gasteiger partial charge in [0.05, 0.1) is 5.56 Å². The fourth-order valence-electron chi connectivity index (χ4n) is 1.19. The Morgan fingerprint density at radius 1 is 1.33 bits per heavy atom. The van der Waals surface area contributed by atoms with Crippen LogP contribution in [0.2, 0.25) is 19.6 Å². The van der Waals surface area contributed by atoms with Crippen molar-refractivity contribution in [2.45, 2.75) is 26.6 Å². The first kappa shape index (κ1) is 11.9. The zero-order valence-corrected chi connectivity index (χ0v) is 10.4. The van der Waals surface area contributed by atoms with Gasteiger partial charge in [-0.3, -0.25) is 4.79 Å². The highest BCUT2D eigenvalue weighted by molar-refractivity contribution is 6.70. The SMILES string of the molecule is CC(=O)c1cc(O[Si](C)(C)C)ccc1F. The number of benzene rings is 1. The zero-order chi connectivity index (χ0) is 11.6. The van der Waals surface area contributed by atoms with Crippen LogP contribution < -0.4 is 4.43 Å². The van der Waals surface area contributed by atoms with E-state index in [1.165, 1.54) is 19.1 Å². The van der Waals surface area contributed by atoms with Gasteiger partial charge < -0.3 is 4.43 Å². The molecule has 1 aromatic rings. The summed E-state index contributed by atoms with van der Waals surface area (Å²) < 4.78 is 18.9. The maximum atomic E-state index is 13.2. The lowest BCUT2D eigenvalue weighted by Crippen LogP contribution is -2.29. The van der Waals surface area contributed by atoms with Gasteiger partial charge >= 0.3 is 0 Å². The second kappa shape index (κ2) is 4.14. The van der Waals surface area contributed by atoms with E-state index in [1.54, 1.807) is 6.07 Å². The van der Waals surface area contributed by atoms with Crippen LogP contribution in [0, 0.1) is 5.82 Å². The van der Waals surface area contributed by atoms with Crippen LogP contribution in [0.3, 0.4) is 0 Å². The molecule has 0 fully saturated rings. The molecular formula is C11H15FO2Si. The van der Waals surface area contributed by atoms with Crippen molar-refractivity contribution in [3.05, 3.63) is 29.6 Å².